The minimum absolute atomic E-state index is 0.106. The number of hydrogen-bond donors (Lipinski definition) is 0. The number of amides is 1. The van der Waals surface area contributed by atoms with Gasteiger partial charge < -0.3 is 14.4 Å². The molecule has 5 nitrogen and oxygen atoms in total. The molecule has 0 atom stereocenters. The maximum Gasteiger partial charge on any atom is 0.325 e. The molecule has 2 aromatic rings. The number of ether oxygens (including phenoxy) is 2. The summed E-state index contributed by atoms with van der Waals surface area (Å²) in [6.07, 6.45) is 0. The van der Waals surface area contributed by atoms with Gasteiger partial charge in [0.15, 0.2) is 0 Å². The second-order valence-electron chi connectivity index (χ2n) is 5.75. The van der Waals surface area contributed by atoms with Crippen LogP contribution in [0.3, 0.4) is 0 Å². The van der Waals surface area contributed by atoms with Gasteiger partial charge in [-0.05, 0) is 29.7 Å². The third-order valence-electron chi connectivity index (χ3n) is 4.00. The third-order valence-corrected chi connectivity index (χ3v) is 4.00. The summed E-state index contributed by atoms with van der Waals surface area (Å²) in [6.45, 7) is 2.54. The fraction of sp³-hybridized carbons (Fsp3) is 0.300. The zero-order chi connectivity index (χ0) is 18.2. The molecule has 0 unspecified atom stereocenters. The van der Waals surface area contributed by atoms with Crippen molar-refractivity contribution in [1.82, 2.24) is 4.90 Å². The monoisotopic (exact) mass is 341 g/mol. The first-order valence-electron chi connectivity index (χ1n) is 8.04. The minimum Gasteiger partial charge on any atom is -0.468 e. The number of benzene rings is 2. The molecule has 2 aromatic carbocycles. The highest BCUT2D eigenvalue weighted by Gasteiger charge is 2.22. The highest BCUT2D eigenvalue weighted by Crippen LogP contribution is 2.17. The lowest BCUT2D eigenvalue weighted by atomic mass is 10.0. The summed E-state index contributed by atoms with van der Waals surface area (Å²) in [4.78, 5) is 26.4. The van der Waals surface area contributed by atoms with Crippen molar-refractivity contribution in [2.24, 2.45) is 0 Å². The number of esters is 1. The summed E-state index contributed by atoms with van der Waals surface area (Å²) in [5.41, 5.74) is 3.37. The molecule has 0 saturated heterocycles. The predicted octanol–water partition coefficient (Wildman–Crippen LogP) is 2.96. The molecule has 0 aliphatic carbocycles. The number of nitrogens with zero attached hydrogens (tertiary/aromatic N) is 1. The number of carbonyl (C=O) groups excluding carboxylic acids is 2. The zero-order valence-electron chi connectivity index (χ0n) is 14.8. The summed E-state index contributed by atoms with van der Waals surface area (Å²) in [7, 11) is 2.90. The molecule has 0 N–H and O–H groups in total. The van der Waals surface area contributed by atoms with Gasteiger partial charge in [0, 0.05) is 19.2 Å². The second kappa shape index (κ2) is 8.99. The van der Waals surface area contributed by atoms with E-state index >= 15 is 0 Å². The highest BCUT2D eigenvalue weighted by molar-refractivity contribution is 5.97. The van der Waals surface area contributed by atoms with E-state index in [4.69, 9.17) is 9.47 Å². The van der Waals surface area contributed by atoms with E-state index in [0.29, 0.717) is 18.7 Å². The number of rotatable bonds is 7. The smallest absolute Gasteiger partial charge is 0.325 e. The molecular formula is C20H23NO4. The lowest BCUT2D eigenvalue weighted by Gasteiger charge is -2.23. The SMILES string of the molecule is COCc1ccccc1C(=O)N(CC(=O)OC)Cc1ccccc1C. The van der Waals surface area contributed by atoms with Crippen molar-refractivity contribution in [3.05, 3.63) is 70.8 Å². The van der Waals surface area contributed by atoms with E-state index in [1.54, 1.807) is 19.2 Å². The Balaban J connectivity index is 2.33. The maximum absolute atomic E-state index is 13.1. The highest BCUT2D eigenvalue weighted by atomic mass is 16.5. The van der Waals surface area contributed by atoms with Gasteiger partial charge in [-0.15, -0.1) is 0 Å². The van der Waals surface area contributed by atoms with Crippen molar-refractivity contribution >= 4 is 11.9 Å². The Bertz CT molecular complexity index is 742. The van der Waals surface area contributed by atoms with Crippen molar-refractivity contribution in [2.75, 3.05) is 20.8 Å². The van der Waals surface area contributed by atoms with Crippen LogP contribution < -0.4 is 0 Å². The van der Waals surface area contributed by atoms with E-state index in [-0.39, 0.29) is 12.5 Å². The standard InChI is InChI=1S/C20H23NO4/c1-15-8-4-5-9-16(15)12-21(13-19(22)25-3)20(23)18-11-7-6-10-17(18)14-24-2/h4-11H,12-14H2,1-3H3. The van der Waals surface area contributed by atoms with Gasteiger partial charge in [-0.1, -0.05) is 42.5 Å². The van der Waals surface area contributed by atoms with E-state index in [2.05, 4.69) is 0 Å². The lowest BCUT2D eigenvalue weighted by Crippen LogP contribution is -2.36. The van der Waals surface area contributed by atoms with Crippen LogP contribution in [-0.4, -0.2) is 37.5 Å². The average Bonchev–Trinajstić information content (AvgIpc) is 2.63. The van der Waals surface area contributed by atoms with Crippen LogP contribution in [-0.2, 0) is 27.4 Å². The van der Waals surface area contributed by atoms with Crippen molar-refractivity contribution in [3.8, 4) is 0 Å². The Morgan fingerprint density at radius 1 is 0.960 bits per heavy atom. The Morgan fingerprint density at radius 2 is 1.60 bits per heavy atom. The first kappa shape index (κ1) is 18.7. The Hall–Kier alpha value is -2.66. The van der Waals surface area contributed by atoms with Crippen molar-refractivity contribution in [3.63, 3.8) is 0 Å². The van der Waals surface area contributed by atoms with E-state index in [1.165, 1.54) is 12.0 Å². The first-order valence-corrected chi connectivity index (χ1v) is 8.04. The molecule has 0 bridgehead atoms. The fourth-order valence-corrected chi connectivity index (χ4v) is 2.59. The molecule has 0 aliphatic heterocycles. The first-order chi connectivity index (χ1) is 12.1. The number of methoxy groups -OCH3 is 2. The number of carbonyl (C=O) groups is 2. The quantitative estimate of drug-likeness (QED) is 0.727. The topological polar surface area (TPSA) is 55.8 Å². The van der Waals surface area contributed by atoms with Gasteiger partial charge in [0.25, 0.3) is 5.91 Å². The van der Waals surface area contributed by atoms with Crippen LogP contribution in [0, 0.1) is 6.92 Å². The number of aryl methyl sites for hydroxylation is 1. The summed E-state index contributed by atoms with van der Waals surface area (Å²) in [5, 5.41) is 0. The Morgan fingerprint density at radius 3 is 2.24 bits per heavy atom. The van der Waals surface area contributed by atoms with E-state index in [1.807, 2.05) is 43.3 Å². The van der Waals surface area contributed by atoms with Gasteiger partial charge in [0.2, 0.25) is 0 Å². The van der Waals surface area contributed by atoms with Gasteiger partial charge >= 0.3 is 5.97 Å². The summed E-state index contributed by atoms with van der Waals surface area (Å²) < 4.78 is 9.93. The van der Waals surface area contributed by atoms with E-state index < -0.39 is 5.97 Å². The molecule has 0 radical (unpaired) electrons. The summed E-state index contributed by atoms with van der Waals surface area (Å²) >= 11 is 0. The second-order valence-corrected chi connectivity index (χ2v) is 5.75. The summed E-state index contributed by atoms with van der Waals surface area (Å²) in [5.74, 6) is -0.674. The molecular weight excluding hydrogens is 318 g/mol. The van der Waals surface area contributed by atoms with E-state index in [9.17, 15) is 9.59 Å². The molecule has 5 heteroatoms. The lowest BCUT2D eigenvalue weighted by molar-refractivity contribution is -0.141. The average molecular weight is 341 g/mol. The Labute approximate surface area is 148 Å². The maximum atomic E-state index is 13.1. The van der Waals surface area contributed by atoms with Crippen LogP contribution in [0.5, 0.6) is 0 Å². The van der Waals surface area contributed by atoms with Gasteiger partial charge in [-0.25, -0.2) is 0 Å². The van der Waals surface area contributed by atoms with Crippen molar-refractivity contribution in [2.45, 2.75) is 20.1 Å². The number of hydrogen-bond acceptors (Lipinski definition) is 4. The fourth-order valence-electron chi connectivity index (χ4n) is 2.59. The van der Waals surface area contributed by atoms with Crippen LogP contribution in [0.4, 0.5) is 0 Å². The van der Waals surface area contributed by atoms with Crippen LogP contribution in [0.15, 0.2) is 48.5 Å². The zero-order valence-corrected chi connectivity index (χ0v) is 14.8. The summed E-state index contributed by atoms with van der Waals surface area (Å²) in [6, 6.07) is 15.1. The van der Waals surface area contributed by atoms with Gasteiger partial charge in [0.1, 0.15) is 6.54 Å². The van der Waals surface area contributed by atoms with Crippen LogP contribution >= 0.6 is 0 Å². The molecule has 0 heterocycles. The minimum atomic E-state index is -0.453. The molecule has 0 aliphatic rings. The Kier molecular flexibility index (Phi) is 6.71. The molecule has 0 fully saturated rings. The molecule has 0 spiro atoms. The molecule has 132 valence electrons. The van der Waals surface area contributed by atoms with Crippen molar-refractivity contribution in [1.29, 1.82) is 0 Å². The van der Waals surface area contributed by atoms with Crippen molar-refractivity contribution < 1.29 is 19.1 Å². The largest absolute Gasteiger partial charge is 0.468 e. The van der Waals surface area contributed by atoms with Crippen LogP contribution in [0.25, 0.3) is 0 Å². The van der Waals surface area contributed by atoms with Gasteiger partial charge in [-0.2, -0.15) is 0 Å². The molecule has 0 saturated carbocycles. The third kappa shape index (κ3) is 4.90. The van der Waals surface area contributed by atoms with Gasteiger partial charge in [0.05, 0.1) is 13.7 Å². The van der Waals surface area contributed by atoms with E-state index in [0.717, 1.165) is 16.7 Å². The van der Waals surface area contributed by atoms with Crippen LogP contribution in [0.1, 0.15) is 27.0 Å². The molecule has 2 rings (SSSR count). The molecule has 25 heavy (non-hydrogen) atoms. The normalized spacial score (nSPS) is 10.4. The van der Waals surface area contributed by atoms with Crippen LogP contribution in [0.2, 0.25) is 0 Å². The van der Waals surface area contributed by atoms with Gasteiger partial charge in [-0.3, -0.25) is 9.59 Å². The molecule has 0 aromatic heterocycles. The molecule has 1 amide bonds. The predicted molar refractivity (Wildman–Crippen MR) is 95.1 cm³/mol.